The molecule has 2 aromatic rings. The molecule has 0 atom stereocenters. The van der Waals surface area contributed by atoms with Crippen molar-refractivity contribution >= 4 is 5.78 Å². The minimum Gasteiger partial charge on any atom is -0.299 e. The van der Waals surface area contributed by atoms with Gasteiger partial charge in [0.1, 0.15) is 17.9 Å². The molecule has 0 fully saturated rings. The number of rotatable bonds is 6. The van der Waals surface area contributed by atoms with Crippen molar-refractivity contribution in [3.8, 4) is 0 Å². The highest BCUT2D eigenvalue weighted by molar-refractivity contribution is 5.82. The second-order valence-electron chi connectivity index (χ2n) is 5.06. The van der Waals surface area contributed by atoms with Gasteiger partial charge in [-0.25, -0.2) is 9.67 Å². The number of ketones is 1. The number of nitrogens with zero attached hydrogens (tertiary/aromatic N) is 5. The van der Waals surface area contributed by atoms with Gasteiger partial charge in [0.15, 0.2) is 0 Å². The fourth-order valence-corrected chi connectivity index (χ4v) is 2.33. The molecule has 0 N–H and O–H groups in total. The molecule has 2 rings (SSSR count). The summed E-state index contributed by atoms with van der Waals surface area (Å²) in [6.07, 6.45) is 3.22. The van der Waals surface area contributed by atoms with E-state index >= 15 is 0 Å². The van der Waals surface area contributed by atoms with Gasteiger partial charge in [-0.2, -0.15) is 10.2 Å². The Morgan fingerprint density at radius 3 is 2.65 bits per heavy atom. The maximum atomic E-state index is 12.2. The number of hydrogen-bond donors (Lipinski definition) is 0. The van der Waals surface area contributed by atoms with Crippen LogP contribution >= 0.6 is 0 Å². The second kappa shape index (κ2) is 5.98. The zero-order valence-electron chi connectivity index (χ0n) is 12.6. The SMILES string of the molecule is CCCn1ncnc1CC(=O)Cc1c(C)nn(C)c1C. The van der Waals surface area contributed by atoms with Crippen molar-refractivity contribution in [2.45, 2.75) is 46.6 Å². The number of carbonyl (C=O) groups excluding carboxylic acids is 1. The molecule has 6 nitrogen and oxygen atoms in total. The Bertz CT molecular complexity index is 611. The Kier molecular flexibility index (Phi) is 4.32. The lowest BCUT2D eigenvalue weighted by atomic mass is 10.1. The normalized spacial score (nSPS) is 11.0. The van der Waals surface area contributed by atoms with E-state index in [1.807, 2.05) is 25.6 Å². The topological polar surface area (TPSA) is 65.6 Å². The molecule has 0 aliphatic heterocycles. The first-order chi connectivity index (χ1) is 9.52. The summed E-state index contributed by atoms with van der Waals surface area (Å²) in [7, 11) is 1.90. The average Bonchev–Trinajstić information content (AvgIpc) is 2.91. The van der Waals surface area contributed by atoms with Gasteiger partial charge in [0.05, 0.1) is 12.1 Å². The van der Waals surface area contributed by atoms with Crippen LogP contribution < -0.4 is 0 Å². The first kappa shape index (κ1) is 14.4. The molecule has 0 unspecified atom stereocenters. The molecule has 0 aliphatic rings. The van der Waals surface area contributed by atoms with Crippen LogP contribution in [0.2, 0.25) is 0 Å². The summed E-state index contributed by atoms with van der Waals surface area (Å²) in [6.45, 7) is 6.81. The van der Waals surface area contributed by atoms with Crippen LogP contribution in [0.1, 0.15) is 36.1 Å². The van der Waals surface area contributed by atoms with Crippen LogP contribution in [0.3, 0.4) is 0 Å². The van der Waals surface area contributed by atoms with Crippen molar-refractivity contribution in [1.82, 2.24) is 24.5 Å². The molecule has 0 radical (unpaired) electrons. The highest BCUT2D eigenvalue weighted by Crippen LogP contribution is 2.13. The van der Waals surface area contributed by atoms with Gasteiger partial charge < -0.3 is 0 Å². The Balaban J connectivity index is 2.07. The summed E-state index contributed by atoms with van der Waals surface area (Å²) < 4.78 is 3.62. The monoisotopic (exact) mass is 275 g/mol. The fourth-order valence-electron chi connectivity index (χ4n) is 2.33. The minimum atomic E-state index is 0.148. The molecule has 0 amide bonds. The van der Waals surface area contributed by atoms with Crippen LogP contribution in [0, 0.1) is 13.8 Å². The number of carbonyl (C=O) groups is 1. The highest BCUT2D eigenvalue weighted by atomic mass is 16.1. The standard InChI is InChI=1S/C14H21N5O/c1-5-6-19-14(15-9-16-19)8-12(20)7-13-10(2)17-18(4)11(13)3/h9H,5-8H2,1-4H3. The van der Waals surface area contributed by atoms with Gasteiger partial charge in [0.25, 0.3) is 0 Å². The molecule has 2 aromatic heterocycles. The van der Waals surface area contributed by atoms with Crippen molar-refractivity contribution in [1.29, 1.82) is 0 Å². The van der Waals surface area contributed by atoms with Crippen molar-refractivity contribution in [3.63, 3.8) is 0 Å². The van der Waals surface area contributed by atoms with Crippen molar-refractivity contribution < 1.29 is 4.79 Å². The number of aromatic nitrogens is 5. The molecule has 6 heteroatoms. The van der Waals surface area contributed by atoms with Gasteiger partial charge in [-0.05, 0) is 20.3 Å². The Morgan fingerprint density at radius 1 is 1.30 bits per heavy atom. The third-order valence-corrected chi connectivity index (χ3v) is 3.52. The first-order valence-corrected chi connectivity index (χ1v) is 6.90. The van der Waals surface area contributed by atoms with Gasteiger partial charge in [-0.3, -0.25) is 9.48 Å². The number of hydrogen-bond acceptors (Lipinski definition) is 4. The van der Waals surface area contributed by atoms with Gasteiger partial charge >= 0.3 is 0 Å². The molecule has 0 spiro atoms. The number of Topliss-reactive ketones (excluding diaryl/α,β-unsaturated/α-hetero) is 1. The van der Waals surface area contributed by atoms with Crippen molar-refractivity contribution in [3.05, 3.63) is 29.1 Å². The lowest BCUT2D eigenvalue weighted by molar-refractivity contribution is -0.118. The Labute approximate surface area is 118 Å². The lowest BCUT2D eigenvalue weighted by Crippen LogP contribution is -2.13. The predicted molar refractivity (Wildman–Crippen MR) is 75.4 cm³/mol. The molecule has 2 heterocycles. The van der Waals surface area contributed by atoms with E-state index < -0.39 is 0 Å². The molecular formula is C14H21N5O. The Morgan fingerprint density at radius 2 is 2.05 bits per heavy atom. The first-order valence-electron chi connectivity index (χ1n) is 6.90. The summed E-state index contributed by atoms with van der Waals surface area (Å²) in [5.74, 6) is 0.894. The van der Waals surface area contributed by atoms with Crippen molar-refractivity contribution in [2.24, 2.45) is 7.05 Å². The van der Waals surface area contributed by atoms with Crippen LogP contribution in [-0.4, -0.2) is 30.3 Å². The maximum Gasteiger partial charge on any atom is 0.144 e. The molecular weight excluding hydrogens is 254 g/mol. The van der Waals surface area contributed by atoms with E-state index in [-0.39, 0.29) is 5.78 Å². The molecule has 20 heavy (non-hydrogen) atoms. The summed E-state index contributed by atoms with van der Waals surface area (Å²) in [5.41, 5.74) is 3.00. The molecule has 0 saturated carbocycles. The van der Waals surface area contributed by atoms with E-state index in [9.17, 15) is 4.79 Å². The van der Waals surface area contributed by atoms with Crippen LogP contribution in [0.4, 0.5) is 0 Å². The Hall–Kier alpha value is -1.98. The largest absolute Gasteiger partial charge is 0.299 e. The summed E-state index contributed by atoms with van der Waals surface area (Å²) in [6, 6.07) is 0. The molecule has 0 aliphatic carbocycles. The zero-order valence-corrected chi connectivity index (χ0v) is 12.6. The van der Waals surface area contributed by atoms with Gasteiger partial charge in [-0.15, -0.1) is 0 Å². The van der Waals surface area contributed by atoms with E-state index in [1.165, 1.54) is 6.33 Å². The third kappa shape index (κ3) is 2.95. The zero-order chi connectivity index (χ0) is 14.7. The fraction of sp³-hybridized carbons (Fsp3) is 0.571. The molecule has 0 saturated heterocycles. The smallest absolute Gasteiger partial charge is 0.144 e. The van der Waals surface area contributed by atoms with Crippen LogP contribution in [-0.2, 0) is 31.2 Å². The van der Waals surface area contributed by atoms with E-state index in [4.69, 9.17) is 0 Å². The predicted octanol–water partition coefficient (Wildman–Crippen LogP) is 1.39. The second-order valence-corrected chi connectivity index (χ2v) is 5.06. The molecule has 0 bridgehead atoms. The average molecular weight is 275 g/mol. The van der Waals surface area contributed by atoms with Crippen LogP contribution in [0.5, 0.6) is 0 Å². The summed E-state index contributed by atoms with van der Waals surface area (Å²) in [4.78, 5) is 16.4. The van der Waals surface area contributed by atoms with Gasteiger partial charge in [0, 0.05) is 31.3 Å². The van der Waals surface area contributed by atoms with Crippen LogP contribution in [0.25, 0.3) is 0 Å². The maximum absolute atomic E-state index is 12.2. The lowest BCUT2D eigenvalue weighted by Gasteiger charge is -2.04. The van der Waals surface area contributed by atoms with Gasteiger partial charge in [-0.1, -0.05) is 6.92 Å². The molecule has 108 valence electrons. The highest BCUT2D eigenvalue weighted by Gasteiger charge is 2.16. The van der Waals surface area contributed by atoms with E-state index in [0.29, 0.717) is 12.8 Å². The molecule has 0 aromatic carbocycles. The quantitative estimate of drug-likeness (QED) is 0.799. The van der Waals surface area contributed by atoms with E-state index in [1.54, 1.807) is 4.68 Å². The van der Waals surface area contributed by atoms with E-state index in [0.717, 1.165) is 35.7 Å². The number of aryl methyl sites for hydroxylation is 3. The van der Waals surface area contributed by atoms with Crippen LogP contribution in [0.15, 0.2) is 6.33 Å². The third-order valence-electron chi connectivity index (χ3n) is 3.52. The minimum absolute atomic E-state index is 0.148. The van der Waals surface area contributed by atoms with Crippen molar-refractivity contribution in [2.75, 3.05) is 0 Å². The summed E-state index contributed by atoms with van der Waals surface area (Å²) >= 11 is 0. The summed E-state index contributed by atoms with van der Waals surface area (Å²) in [5, 5.41) is 8.48. The van der Waals surface area contributed by atoms with E-state index in [2.05, 4.69) is 22.1 Å². The van der Waals surface area contributed by atoms with Gasteiger partial charge in [0.2, 0.25) is 0 Å².